The second-order valence-electron chi connectivity index (χ2n) is 7.09. The Bertz CT molecular complexity index is 664. The summed E-state index contributed by atoms with van der Waals surface area (Å²) in [6, 6.07) is 15.9. The summed E-state index contributed by atoms with van der Waals surface area (Å²) >= 11 is 0. The molecule has 2 aromatic carbocycles. The van der Waals surface area contributed by atoms with Gasteiger partial charge in [0.05, 0.1) is 5.56 Å². The molecule has 0 heterocycles. The van der Waals surface area contributed by atoms with Gasteiger partial charge in [-0.05, 0) is 67.0 Å². The van der Waals surface area contributed by atoms with Gasteiger partial charge in [-0.3, -0.25) is 0 Å². The van der Waals surface area contributed by atoms with E-state index in [9.17, 15) is 4.79 Å². The molecule has 132 valence electrons. The van der Waals surface area contributed by atoms with E-state index < -0.39 is 0 Å². The minimum absolute atomic E-state index is 0.285. The van der Waals surface area contributed by atoms with Crippen molar-refractivity contribution < 1.29 is 9.53 Å². The third kappa shape index (κ3) is 4.94. The van der Waals surface area contributed by atoms with Crippen molar-refractivity contribution in [1.29, 1.82) is 0 Å². The molecule has 0 unspecified atom stereocenters. The second-order valence-corrected chi connectivity index (χ2v) is 7.09. The Morgan fingerprint density at radius 2 is 1.64 bits per heavy atom. The van der Waals surface area contributed by atoms with Crippen LogP contribution >= 0.6 is 0 Å². The summed E-state index contributed by atoms with van der Waals surface area (Å²) in [5, 5.41) is 0. The summed E-state index contributed by atoms with van der Waals surface area (Å²) in [7, 11) is 0. The van der Waals surface area contributed by atoms with Crippen LogP contribution < -0.4 is 4.74 Å². The van der Waals surface area contributed by atoms with Crippen LogP contribution in [0.4, 0.5) is 0 Å². The van der Waals surface area contributed by atoms with E-state index in [4.69, 9.17) is 4.74 Å². The summed E-state index contributed by atoms with van der Waals surface area (Å²) in [5.74, 6) is 1.02. The van der Waals surface area contributed by atoms with Gasteiger partial charge in [0, 0.05) is 0 Å². The lowest BCUT2D eigenvalue weighted by atomic mass is 9.84. The molecule has 3 rings (SSSR count). The topological polar surface area (TPSA) is 26.3 Å². The molecule has 2 aromatic rings. The predicted octanol–water partition coefficient (Wildman–Crippen LogP) is 6.30. The first-order valence-electron chi connectivity index (χ1n) is 9.67. The van der Waals surface area contributed by atoms with E-state index >= 15 is 0 Å². The number of aryl methyl sites for hydroxylation is 1. The van der Waals surface area contributed by atoms with Gasteiger partial charge < -0.3 is 4.74 Å². The van der Waals surface area contributed by atoms with Crippen molar-refractivity contribution in [2.24, 2.45) is 0 Å². The third-order valence-electron chi connectivity index (χ3n) is 5.18. The molecule has 0 bridgehead atoms. The van der Waals surface area contributed by atoms with Crippen molar-refractivity contribution in [3.8, 4) is 5.75 Å². The highest BCUT2D eigenvalue weighted by atomic mass is 16.5. The van der Waals surface area contributed by atoms with Gasteiger partial charge in [0.25, 0.3) is 0 Å². The molecule has 0 N–H and O–H groups in total. The van der Waals surface area contributed by atoms with Crippen molar-refractivity contribution in [1.82, 2.24) is 0 Å². The fraction of sp³-hybridized carbons (Fsp3) is 0.435. The van der Waals surface area contributed by atoms with Crippen LogP contribution in [0.15, 0.2) is 48.5 Å². The van der Waals surface area contributed by atoms with Gasteiger partial charge in [-0.25, -0.2) is 4.79 Å². The molecule has 0 amide bonds. The number of ether oxygens (including phenoxy) is 1. The van der Waals surface area contributed by atoms with Crippen LogP contribution in [0, 0.1) is 0 Å². The summed E-state index contributed by atoms with van der Waals surface area (Å²) < 4.78 is 5.52. The molecule has 1 saturated carbocycles. The molecule has 25 heavy (non-hydrogen) atoms. The van der Waals surface area contributed by atoms with Gasteiger partial charge in [-0.2, -0.15) is 0 Å². The van der Waals surface area contributed by atoms with Crippen molar-refractivity contribution in [2.45, 2.75) is 64.2 Å². The van der Waals surface area contributed by atoms with Crippen molar-refractivity contribution in [2.75, 3.05) is 0 Å². The highest BCUT2D eigenvalue weighted by molar-refractivity contribution is 5.91. The minimum Gasteiger partial charge on any atom is -0.423 e. The SMILES string of the molecule is CCCCc1ccc(C(=O)Oc2ccc(C3CCCCC3)cc2)cc1. The minimum atomic E-state index is -0.285. The molecule has 1 aliphatic rings. The number of hydrogen-bond donors (Lipinski definition) is 0. The average molecular weight is 336 g/mol. The summed E-state index contributed by atoms with van der Waals surface area (Å²) in [6.07, 6.45) is 10.0. The molecule has 0 aromatic heterocycles. The third-order valence-corrected chi connectivity index (χ3v) is 5.18. The molecule has 0 spiro atoms. The van der Waals surface area contributed by atoms with Gasteiger partial charge in [0.15, 0.2) is 0 Å². The zero-order valence-electron chi connectivity index (χ0n) is 15.2. The molecule has 0 atom stereocenters. The summed E-state index contributed by atoms with van der Waals surface area (Å²) in [6.45, 7) is 2.19. The average Bonchev–Trinajstić information content (AvgIpc) is 2.68. The molecule has 1 aliphatic carbocycles. The van der Waals surface area contributed by atoms with Crippen LogP contribution in [0.2, 0.25) is 0 Å². The molecule has 2 nitrogen and oxygen atoms in total. The highest BCUT2D eigenvalue weighted by Gasteiger charge is 2.15. The van der Waals surface area contributed by atoms with Gasteiger partial charge in [-0.1, -0.05) is 56.9 Å². The van der Waals surface area contributed by atoms with Crippen molar-refractivity contribution in [3.05, 3.63) is 65.2 Å². The Kier molecular flexibility index (Phi) is 6.27. The number of hydrogen-bond acceptors (Lipinski definition) is 2. The van der Waals surface area contributed by atoms with E-state index in [1.807, 2.05) is 36.4 Å². The molecule has 0 aliphatic heterocycles. The van der Waals surface area contributed by atoms with Crippen molar-refractivity contribution >= 4 is 5.97 Å². The summed E-state index contributed by atoms with van der Waals surface area (Å²) in [5.41, 5.74) is 3.26. The Morgan fingerprint density at radius 1 is 0.960 bits per heavy atom. The highest BCUT2D eigenvalue weighted by Crippen LogP contribution is 2.33. The van der Waals surface area contributed by atoms with Crippen molar-refractivity contribution in [3.63, 3.8) is 0 Å². The second kappa shape index (κ2) is 8.84. The molecular formula is C23H28O2. The first-order chi connectivity index (χ1) is 12.3. The Morgan fingerprint density at radius 3 is 2.28 bits per heavy atom. The van der Waals surface area contributed by atoms with Crippen LogP contribution in [0.3, 0.4) is 0 Å². The number of benzene rings is 2. The first kappa shape index (κ1) is 17.7. The quantitative estimate of drug-likeness (QED) is 0.457. The maximum Gasteiger partial charge on any atom is 0.343 e. The zero-order valence-corrected chi connectivity index (χ0v) is 15.2. The largest absolute Gasteiger partial charge is 0.423 e. The lowest BCUT2D eigenvalue weighted by molar-refractivity contribution is 0.0734. The van der Waals surface area contributed by atoms with E-state index in [2.05, 4.69) is 19.1 Å². The fourth-order valence-electron chi connectivity index (χ4n) is 3.60. The first-order valence-corrected chi connectivity index (χ1v) is 9.67. The molecule has 0 saturated heterocycles. The maximum absolute atomic E-state index is 12.3. The van der Waals surface area contributed by atoms with Gasteiger partial charge in [0.2, 0.25) is 0 Å². The molecule has 1 fully saturated rings. The van der Waals surface area contributed by atoms with Gasteiger partial charge in [-0.15, -0.1) is 0 Å². The monoisotopic (exact) mass is 336 g/mol. The van der Waals surface area contributed by atoms with Crippen LogP contribution in [0.5, 0.6) is 5.75 Å². The number of rotatable bonds is 6. The predicted molar refractivity (Wildman–Crippen MR) is 102 cm³/mol. The standard InChI is InChI=1S/C23H28O2/c1-2-3-7-18-10-12-21(13-11-18)23(24)25-22-16-14-20(15-17-22)19-8-5-4-6-9-19/h10-17,19H,2-9H2,1H3. The number of carbonyl (C=O) groups is 1. The normalized spacial score (nSPS) is 15.1. The molecule has 0 radical (unpaired) electrons. The number of unbranched alkanes of at least 4 members (excludes halogenated alkanes) is 1. The Labute approximate surface area is 151 Å². The van der Waals surface area contributed by atoms with Gasteiger partial charge >= 0.3 is 5.97 Å². The molecule has 2 heteroatoms. The Balaban J connectivity index is 1.58. The van der Waals surface area contributed by atoms with Gasteiger partial charge in [0.1, 0.15) is 5.75 Å². The number of carbonyl (C=O) groups excluding carboxylic acids is 1. The van der Waals surface area contributed by atoms with Crippen LogP contribution in [-0.2, 0) is 6.42 Å². The number of esters is 1. The van der Waals surface area contributed by atoms with E-state index in [1.54, 1.807) is 0 Å². The van der Waals surface area contributed by atoms with Crippen LogP contribution in [0.1, 0.15) is 79.3 Å². The lowest BCUT2D eigenvalue weighted by Crippen LogP contribution is -2.09. The van der Waals surface area contributed by atoms with E-state index in [0.29, 0.717) is 17.2 Å². The van der Waals surface area contributed by atoms with E-state index in [1.165, 1.54) is 56.1 Å². The zero-order chi connectivity index (χ0) is 17.5. The lowest BCUT2D eigenvalue weighted by Gasteiger charge is -2.22. The Hall–Kier alpha value is -2.09. The van der Waals surface area contributed by atoms with E-state index in [0.717, 1.165) is 6.42 Å². The maximum atomic E-state index is 12.3. The molecular weight excluding hydrogens is 308 g/mol. The smallest absolute Gasteiger partial charge is 0.343 e. The van der Waals surface area contributed by atoms with Crippen LogP contribution in [0.25, 0.3) is 0 Å². The van der Waals surface area contributed by atoms with E-state index in [-0.39, 0.29) is 5.97 Å². The summed E-state index contributed by atoms with van der Waals surface area (Å²) in [4.78, 5) is 12.3. The fourth-order valence-corrected chi connectivity index (χ4v) is 3.60. The van der Waals surface area contributed by atoms with Crippen LogP contribution in [-0.4, -0.2) is 5.97 Å².